The predicted octanol–water partition coefficient (Wildman–Crippen LogP) is 2.36. The Morgan fingerprint density at radius 2 is 2.43 bits per heavy atom. The molecule has 0 spiro atoms. The van der Waals surface area contributed by atoms with E-state index in [0.717, 1.165) is 10.4 Å². The Kier molecular flexibility index (Phi) is 4.21. The number of thiophene rings is 1. The molecule has 1 aromatic rings. The molecule has 2 nitrogen and oxygen atoms in total. The van der Waals surface area contributed by atoms with Crippen LogP contribution in [0.2, 0.25) is 0 Å². The molecule has 0 aromatic carbocycles. The second-order valence-electron chi connectivity index (χ2n) is 2.72. The number of aryl methyl sites for hydroxylation is 1. The van der Waals surface area contributed by atoms with Gasteiger partial charge in [-0.25, -0.2) is 0 Å². The van der Waals surface area contributed by atoms with Crippen molar-refractivity contribution in [3.8, 4) is 11.8 Å². The molecule has 0 aliphatic rings. The Bertz CT molecular complexity index is 368. The summed E-state index contributed by atoms with van der Waals surface area (Å²) >= 11 is 1.59. The van der Waals surface area contributed by atoms with E-state index in [9.17, 15) is 4.79 Å². The predicted molar refractivity (Wildman–Crippen MR) is 57.2 cm³/mol. The SMILES string of the molecule is CCOC(=O)CC#Cc1sccc1C. The van der Waals surface area contributed by atoms with Gasteiger partial charge >= 0.3 is 5.97 Å². The summed E-state index contributed by atoms with van der Waals surface area (Å²) in [6.45, 7) is 4.21. The molecular formula is C11H12O2S. The second-order valence-corrected chi connectivity index (χ2v) is 3.63. The maximum atomic E-state index is 10.9. The fraction of sp³-hybridized carbons (Fsp3) is 0.364. The van der Waals surface area contributed by atoms with E-state index >= 15 is 0 Å². The zero-order valence-corrected chi connectivity index (χ0v) is 9.11. The quantitative estimate of drug-likeness (QED) is 0.551. The molecular weight excluding hydrogens is 196 g/mol. The van der Waals surface area contributed by atoms with E-state index in [1.165, 1.54) is 0 Å². The van der Waals surface area contributed by atoms with Gasteiger partial charge in [0.25, 0.3) is 0 Å². The first kappa shape index (κ1) is 10.8. The van der Waals surface area contributed by atoms with Crippen LogP contribution in [0.3, 0.4) is 0 Å². The highest BCUT2D eigenvalue weighted by molar-refractivity contribution is 7.10. The van der Waals surface area contributed by atoms with E-state index in [2.05, 4.69) is 11.8 Å². The van der Waals surface area contributed by atoms with Crippen LogP contribution in [0.5, 0.6) is 0 Å². The highest BCUT2D eigenvalue weighted by Gasteiger charge is 1.97. The first-order chi connectivity index (χ1) is 6.74. The molecule has 0 bridgehead atoms. The van der Waals surface area contributed by atoms with E-state index in [1.807, 2.05) is 18.4 Å². The Morgan fingerprint density at radius 1 is 1.64 bits per heavy atom. The minimum absolute atomic E-state index is 0.172. The fourth-order valence-corrected chi connectivity index (χ4v) is 1.70. The molecule has 0 fully saturated rings. The lowest BCUT2D eigenvalue weighted by Crippen LogP contribution is -2.01. The van der Waals surface area contributed by atoms with Crippen molar-refractivity contribution >= 4 is 17.3 Å². The number of rotatable bonds is 2. The molecule has 0 unspecified atom stereocenters. The van der Waals surface area contributed by atoms with Gasteiger partial charge in [0, 0.05) is 0 Å². The summed E-state index contributed by atoms with van der Waals surface area (Å²) in [5, 5.41) is 1.99. The Balaban J connectivity index is 2.49. The molecule has 1 aromatic heterocycles. The number of carbonyl (C=O) groups is 1. The molecule has 1 heterocycles. The molecule has 0 radical (unpaired) electrons. The van der Waals surface area contributed by atoms with Crippen molar-refractivity contribution in [2.24, 2.45) is 0 Å². The monoisotopic (exact) mass is 208 g/mol. The van der Waals surface area contributed by atoms with Crippen LogP contribution in [0, 0.1) is 18.8 Å². The third-order valence-corrected chi connectivity index (χ3v) is 2.53. The summed E-state index contributed by atoms with van der Waals surface area (Å²) in [6, 6.07) is 2.01. The second kappa shape index (κ2) is 5.46. The molecule has 0 atom stereocenters. The third-order valence-electron chi connectivity index (χ3n) is 1.60. The van der Waals surface area contributed by atoms with Crippen molar-refractivity contribution in [3.63, 3.8) is 0 Å². The van der Waals surface area contributed by atoms with Crippen molar-refractivity contribution in [1.82, 2.24) is 0 Å². The van der Waals surface area contributed by atoms with Gasteiger partial charge in [-0.1, -0.05) is 11.8 Å². The average molecular weight is 208 g/mol. The van der Waals surface area contributed by atoms with Gasteiger partial charge in [0.1, 0.15) is 6.42 Å². The van der Waals surface area contributed by atoms with Crippen LogP contribution < -0.4 is 0 Å². The van der Waals surface area contributed by atoms with Gasteiger partial charge in [0.15, 0.2) is 0 Å². The summed E-state index contributed by atoms with van der Waals surface area (Å²) in [7, 11) is 0. The summed E-state index contributed by atoms with van der Waals surface area (Å²) in [4.78, 5) is 12.0. The Labute approximate surface area is 87.9 Å². The minimum atomic E-state index is -0.255. The van der Waals surface area contributed by atoms with Crippen molar-refractivity contribution < 1.29 is 9.53 Å². The van der Waals surface area contributed by atoms with E-state index in [4.69, 9.17) is 4.74 Å². The standard InChI is InChI=1S/C11H12O2S/c1-3-13-11(12)6-4-5-10-9(2)7-8-14-10/h7-8H,3,6H2,1-2H3. The first-order valence-electron chi connectivity index (χ1n) is 4.42. The fourth-order valence-electron chi connectivity index (χ4n) is 0.909. The Morgan fingerprint density at radius 3 is 3.00 bits per heavy atom. The first-order valence-corrected chi connectivity index (χ1v) is 5.30. The number of ether oxygens (including phenoxy) is 1. The van der Waals surface area contributed by atoms with Crippen LogP contribution in [0.15, 0.2) is 11.4 Å². The van der Waals surface area contributed by atoms with Crippen molar-refractivity contribution in [3.05, 3.63) is 21.9 Å². The van der Waals surface area contributed by atoms with Crippen LogP contribution in [-0.2, 0) is 9.53 Å². The molecule has 0 saturated carbocycles. The minimum Gasteiger partial charge on any atom is -0.465 e. The largest absolute Gasteiger partial charge is 0.465 e. The summed E-state index contributed by atoms with van der Waals surface area (Å²) in [5.74, 6) is 5.49. The van der Waals surface area contributed by atoms with E-state index in [-0.39, 0.29) is 12.4 Å². The molecule has 0 aliphatic carbocycles. The molecule has 0 N–H and O–H groups in total. The number of carbonyl (C=O) groups excluding carboxylic acids is 1. The van der Waals surface area contributed by atoms with E-state index in [0.29, 0.717) is 6.61 Å². The molecule has 3 heteroatoms. The van der Waals surface area contributed by atoms with Crippen molar-refractivity contribution in [2.75, 3.05) is 6.61 Å². The van der Waals surface area contributed by atoms with Crippen molar-refractivity contribution in [1.29, 1.82) is 0 Å². The summed E-state index contributed by atoms with van der Waals surface area (Å²) in [5.41, 5.74) is 1.16. The van der Waals surface area contributed by atoms with Crippen molar-refractivity contribution in [2.45, 2.75) is 20.3 Å². The summed E-state index contributed by atoms with van der Waals surface area (Å²) < 4.78 is 4.75. The third kappa shape index (κ3) is 3.23. The average Bonchev–Trinajstić information content (AvgIpc) is 2.52. The van der Waals surface area contributed by atoms with E-state index in [1.54, 1.807) is 18.3 Å². The van der Waals surface area contributed by atoms with Gasteiger partial charge in [-0.15, -0.1) is 11.3 Å². The Hall–Kier alpha value is -1.27. The highest BCUT2D eigenvalue weighted by atomic mass is 32.1. The maximum absolute atomic E-state index is 10.9. The molecule has 74 valence electrons. The van der Waals surface area contributed by atoms with Gasteiger partial charge in [0.05, 0.1) is 11.5 Å². The van der Waals surface area contributed by atoms with Gasteiger partial charge in [-0.3, -0.25) is 4.79 Å². The lowest BCUT2D eigenvalue weighted by Gasteiger charge is -1.94. The lowest BCUT2D eigenvalue weighted by molar-refractivity contribution is -0.141. The maximum Gasteiger partial charge on any atom is 0.317 e. The zero-order valence-electron chi connectivity index (χ0n) is 8.29. The summed E-state index contributed by atoms with van der Waals surface area (Å²) in [6.07, 6.45) is 0.172. The van der Waals surface area contributed by atoms with E-state index < -0.39 is 0 Å². The van der Waals surface area contributed by atoms with Crippen LogP contribution in [0.4, 0.5) is 0 Å². The van der Waals surface area contributed by atoms with Crippen LogP contribution in [0.25, 0.3) is 0 Å². The van der Waals surface area contributed by atoms with Gasteiger partial charge in [-0.05, 0) is 30.9 Å². The normalized spacial score (nSPS) is 9.00. The molecule has 0 amide bonds. The zero-order chi connectivity index (χ0) is 10.4. The van der Waals surface area contributed by atoms with Crippen LogP contribution in [-0.4, -0.2) is 12.6 Å². The molecule has 14 heavy (non-hydrogen) atoms. The number of hydrogen-bond donors (Lipinski definition) is 0. The smallest absolute Gasteiger partial charge is 0.317 e. The van der Waals surface area contributed by atoms with Gasteiger partial charge in [-0.2, -0.15) is 0 Å². The van der Waals surface area contributed by atoms with Crippen LogP contribution >= 0.6 is 11.3 Å². The molecule has 0 saturated heterocycles. The van der Waals surface area contributed by atoms with Gasteiger partial charge < -0.3 is 4.74 Å². The molecule has 1 rings (SSSR count). The van der Waals surface area contributed by atoms with Gasteiger partial charge in [0.2, 0.25) is 0 Å². The number of esters is 1. The molecule has 0 aliphatic heterocycles. The lowest BCUT2D eigenvalue weighted by atomic mass is 10.3. The number of hydrogen-bond acceptors (Lipinski definition) is 3. The topological polar surface area (TPSA) is 26.3 Å². The highest BCUT2D eigenvalue weighted by Crippen LogP contribution is 2.13. The van der Waals surface area contributed by atoms with Crippen LogP contribution in [0.1, 0.15) is 23.8 Å².